The Morgan fingerprint density at radius 2 is 2.00 bits per heavy atom. The van der Waals surface area contributed by atoms with Crippen LogP contribution in [0.4, 0.5) is 9.93 Å². The monoisotopic (exact) mass is 334 g/mol. The maximum atomic E-state index is 11.7. The second kappa shape index (κ2) is 8.38. The smallest absolute Gasteiger partial charge is 0.315 e. The van der Waals surface area contributed by atoms with E-state index in [1.54, 1.807) is 11.3 Å². The van der Waals surface area contributed by atoms with Gasteiger partial charge in [0.15, 0.2) is 5.13 Å². The molecule has 2 N–H and O–H groups in total. The zero-order chi connectivity index (χ0) is 16.7. The summed E-state index contributed by atoms with van der Waals surface area (Å²) < 4.78 is 5.55. The molecule has 0 bridgehead atoms. The summed E-state index contributed by atoms with van der Waals surface area (Å²) >= 11 is 1.55. The minimum atomic E-state index is -0.225. The Kier molecular flexibility index (Phi) is 6.22. The highest BCUT2D eigenvalue weighted by Crippen LogP contribution is 2.17. The standard InChI is InChI=1S/C16H22N4O2S/c1-12-4-6-14(7-5-12)22-9-8-17-15(21)18-10-13-11-23-16(19-13)20(2)3/h4-7,11H,8-10H2,1-3H3,(H2,17,18,21). The molecule has 1 aromatic carbocycles. The number of ether oxygens (including phenoxy) is 1. The first-order valence-electron chi connectivity index (χ1n) is 7.37. The van der Waals surface area contributed by atoms with Crippen LogP contribution >= 0.6 is 11.3 Å². The van der Waals surface area contributed by atoms with E-state index in [2.05, 4.69) is 15.6 Å². The number of carbonyl (C=O) groups is 1. The van der Waals surface area contributed by atoms with Crippen LogP contribution in [-0.2, 0) is 6.54 Å². The van der Waals surface area contributed by atoms with Crippen molar-refractivity contribution >= 4 is 22.5 Å². The first kappa shape index (κ1) is 17.1. The van der Waals surface area contributed by atoms with E-state index in [0.717, 1.165) is 16.6 Å². The van der Waals surface area contributed by atoms with E-state index in [9.17, 15) is 4.79 Å². The Balaban J connectivity index is 1.62. The molecule has 0 aliphatic carbocycles. The highest BCUT2D eigenvalue weighted by molar-refractivity contribution is 7.13. The Bertz CT molecular complexity index is 625. The Hall–Kier alpha value is -2.28. The number of amides is 2. The van der Waals surface area contributed by atoms with Crippen LogP contribution in [0, 0.1) is 6.92 Å². The van der Waals surface area contributed by atoms with Gasteiger partial charge in [0.05, 0.1) is 18.8 Å². The van der Waals surface area contributed by atoms with Gasteiger partial charge in [0, 0.05) is 19.5 Å². The van der Waals surface area contributed by atoms with Crippen molar-refractivity contribution in [1.29, 1.82) is 0 Å². The molecule has 2 aromatic rings. The lowest BCUT2D eigenvalue weighted by atomic mass is 10.2. The average molecular weight is 334 g/mol. The molecule has 2 rings (SSSR count). The van der Waals surface area contributed by atoms with Crippen molar-refractivity contribution in [1.82, 2.24) is 15.6 Å². The molecule has 0 fully saturated rings. The van der Waals surface area contributed by atoms with Gasteiger partial charge in [-0.2, -0.15) is 0 Å². The summed E-state index contributed by atoms with van der Waals surface area (Å²) in [5.41, 5.74) is 2.04. The fraction of sp³-hybridized carbons (Fsp3) is 0.375. The zero-order valence-corrected chi connectivity index (χ0v) is 14.4. The second-order valence-corrected chi connectivity index (χ2v) is 6.12. The number of aryl methyl sites for hydroxylation is 1. The third kappa shape index (κ3) is 5.78. The van der Waals surface area contributed by atoms with Gasteiger partial charge in [-0.05, 0) is 19.1 Å². The fourth-order valence-corrected chi connectivity index (χ4v) is 2.54. The number of thiazole rings is 1. The average Bonchev–Trinajstić information content (AvgIpc) is 3.00. The van der Waals surface area contributed by atoms with E-state index < -0.39 is 0 Å². The van der Waals surface area contributed by atoms with Gasteiger partial charge < -0.3 is 20.3 Å². The molecule has 23 heavy (non-hydrogen) atoms. The number of nitrogens with one attached hydrogen (secondary N) is 2. The highest BCUT2D eigenvalue weighted by atomic mass is 32.1. The molecule has 0 atom stereocenters. The molecule has 7 heteroatoms. The molecule has 6 nitrogen and oxygen atoms in total. The van der Waals surface area contributed by atoms with Crippen molar-refractivity contribution in [3.8, 4) is 5.75 Å². The van der Waals surface area contributed by atoms with Crippen LogP contribution in [0.1, 0.15) is 11.3 Å². The lowest BCUT2D eigenvalue weighted by Crippen LogP contribution is -2.37. The quantitative estimate of drug-likeness (QED) is 0.763. The molecule has 0 unspecified atom stereocenters. The van der Waals surface area contributed by atoms with Gasteiger partial charge in [-0.1, -0.05) is 17.7 Å². The third-order valence-electron chi connectivity index (χ3n) is 3.03. The highest BCUT2D eigenvalue weighted by Gasteiger charge is 2.05. The zero-order valence-electron chi connectivity index (χ0n) is 13.6. The van der Waals surface area contributed by atoms with Crippen molar-refractivity contribution in [2.75, 3.05) is 32.1 Å². The van der Waals surface area contributed by atoms with E-state index in [1.807, 2.05) is 55.6 Å². The summed E-state index contributed by atoms with van der Waals surface area (Å²) in [5.74, 6) is 0.802. The van der Waals surface area contributed by atoms with Crippen LogP contribution < -0.4 is 20.3 Å². The van der Waals surface area contributed by atoms with Gasteiger partial charge in [0.25, 0.3) is 0 Å². The summed E-state index contributed by atoms with van der Waals surface area (Å²) in [5, 5.41) is 8.40. The van der Waals surface area contributed by atoms with Crippen molar-refractivity contribution in [2.24, 2.45) is 0 Å². The number of urea groups is 1. The number of anilines is 1. The lowest BCUT2D eigenvalue weighted by molar-refractivity contribution is 0.236. The third-order valence-corrected chi connectivity index (χ3v) is 4.09. The van der Waals surface area contributed by atoms with Gasteiger partial charge in [-0.25, -0.2) is 9.78 Å². The molecule has 0 aliphatic rings. The number of carbonyl (C=O) groups excluding carboxylic acids is 1. The van der Waals surface area contributed by atoms with Crippen molar-refractivity contribution in [3.05, 3.63) is 40.9 Å². The van der Waals surface area contributed by atoms with Crippen molar-refractivity contribution in [3.63, 3.8) is 0 Å². The summed E-state index contributed by atoms with van der Waals surface area (Å²) in [4.78, 5) is 18.0. The maximum Gasteiger partial charge on any atom is 0.315 e. The number of nitrogens with zero attached hydrogens (tertiary/aromatic N) is 2. The normalized spacial score (nSPS) is 10.2. The SMILES string of the molecule is Cc1ccc(OCCNC(=O)NCc2csc(N(C)C)n2)cc1. The summed E-state index contributed by atoms with van der Waals surface area (Å²) in [6, 6.07) is 7.59. The molecule has 124 valence electrons. The van der Waals surface area contributed by atoms with Crippen molar-refractivity contribution in [2.45, 2.75) is 13.5 Å². The van der Waals surface area contributed by atoms with Gasteiger partial charge in [-0.3, -0.25) is 0 Å². The van der Waals surface area contributed by atoms with E-state index in [0.29, 0.717) is 19.7 Å². The molecule has 0 aliphatic heterocycles. The molecule has 2 amide bonds. The predicted molar refractivity (Wildman–Crippen MR) is 93.4 cm³/mol. The van der Waals surface area contributed by atoms with Crippen molar-refractivity contribution < 1.29 is 9.53 Å². The first-order valence-corrected chi connectivity index (χ1v) is 8.25. The Labute approximate surface area is 140 Å². The summed E-state index contributed by atoms with van der Waals surface area (Å²) in [6.45, 7) is 3.31. The maximum absolute atomic E-state index is 11.7. The molecule has 0 radical (unpaired) electrons. The van der Waals surface area contributed by atoms with Gasteiger partial charge in [0.2, 0.25) is 0 Å². The van der Waals surface area contributed by atoms with Crippen LogP contribution in [-0.4, -0.2) is 38.3 Å². The van der Waals surface area contributed by atoms with Crippen LogP contribution in [0.5, 0.6) is 5.75 Å². The van der Waals surface area contributed by atoms with Gasteiger partial charge in [0.1, 0.15) is 12.4 Å². The minimum absolute atomic E-state index is 0.225. The Morgan fingerprint density at radius 3 is 2.65 bits per heavy atom. The topological polar surface area (TPSA) is 66.5 Å². The van der Waals surface area contributed by atoms with Crippen LogP contribution in [0.3, 0.4) is 0 Å². The molecule has 1 aromatic heterocycles. The number of rotatable bonds is 7. The molecular weight excluding hydrogens is 312 g/mol. The molecule has 1 heterocycles. The molecule has 0 saturated carbocycles. The largest absolute Gasteiger partial charge is 0.492 e. The number of hydrogen-bond acceptors (Lipinski definition) is 5. The van der Waals surface area contributed by atoms with Crippen LogP contribution in [0.2, 0.25) is 0 Å². The first-order chi connectivity index (χ1) is 11.0. The summed E-state index contributed by atoms with van der Waals surface area (Å²) in [6.07, 6.45) is 0. The number of aromatic nitrogens is 1. The Morgan fingerprint density at radius 1 is 1.26 bits per heavy atom. The molecule has 0 saturated heterocycles. The van der Waals surface area contributed by atoms with E-state index in [4.69, 9.17) is 4.74 Å². The molecule has 0 spiro atoms. The fourth-order valence-electron chi connectivity index (χ4n) is 1.78. The van der Waals surface area contributed by atoms with Gasteiger partial charge in [-0.15, -0.1) is 11.3 Å². The predicted octanol–water partition coefficient (Wildman–Crippen LogP) is 2.40. The minimum Gasteiger partial charge on any atom is -0.492 e. The van der Waals surface area contributed by atoms with Crippen LogP contribution in [0.15, 0.2) is 29.6 Å². The van der Waals surface area contributed by atoms with E-state index in [1.165, 1.54) is 5.56 Å². The lowest BCUT2D eigenvalue weighted by Gasteiger charge is -2.09. The molecular formula is C16H22N4O2S. The van der Waals surface area contributed by atoms with E-state index in [-0.39, 0.29) is 6.03 Å². The summed E-state index contributed by atoms with van der Waals surface area (Å²) in [7, 11) is 3.88. The van der Waals surface area contributed by atoms with Crippen LogP contribution in [0.25, 0.3) is 0 Å². The number of hydrogen-bond donors (Lipinski definition) is 2. The number of benzene rings is 1. The second-order valence-electron chi connectivity index (χ2n) is 5.29. The van der Waals surface area contributed by atoms with E-state index >= 15 is 0 Å². The van der Waals surface area contributed by atoms with Gasteiger partial charge >= 0.3 is 6.03 Å².